The Balaban J connectivity index is 2.15. The van der Waals surface area contributed by atoms with E-state index in [9.17, 15) is 23.4 Å². The Bertz CT molecular complexity index is 665. The van der Waals surface area contributed by atoms with Gasteiger partial charge in [-0.25, -0.2) is 0 Å². The number of hydrogen-bond donors (Lipinski definition) is 3. The van der Waals surface area contributed by atoms with Gasteiger partial charge < -0.3 is 15.5 Å². The SMILES string of the molecule is Oc1cccc(CNC(Cc2ccccc2)C(O)C(F)(F)F)c1Cl. The van der Waals surface area contributed by atoms with Gasteiger partial charge in [-0.2, -0.15) is 13.2 Å². The van der Waals surface area contributed by atoms with Crippen molar-refractivity contribution in [3.05, 3.63) is 64.7 Å². The van der Waals surface area contributed by atoms with Crippen LogP contribution in [0.4, 0.5) is 13.2 Å². The van der Waals surface area contributed by atoms with Crippen LogP contribution in [0.25, 0.3) is 0 Å². The molecule has 0 aliphatic heterocycles. The Morgan fingerprint density at radius 2 is 1.71 bits per heavy atom. The maximum Gasteiger partial charge on any atom is 0.415 e. The average molecular weight is 360 g/mol. The van der Waals surface area contributed by atoms with Gasteiger partial charge in [-0.3, -0.25) is 0 Å². The number of phenolic OH excluding ortho intramolecular Hbond substituents is 1. The largest absolute Gasteiger partial charge is 0.506 e. The highest BCUT2D eigenvalue weighted by Gasteiger charge is 2.43. The maximum absolute atomic E-state index is 12.9. The lowest BCUT2D eigenvalue weighted by molar-refractivity contribution is -0.212. The van der Waals surface area contributed by atoms with Crippen molar-refractivity contribution in [2.75, 3.05) is 0 Å². The van der Waals surface area contributed by atoms with Gasteiger partial charge in [0.1, 0.15) is 5.75 Å². The fourth-order valence-corrected chi connectivity index (χ4v) is 2.53. The van der Waals surface area contributed by atoms with Crippen LogP contribution in [0.2, 0.25) is 5.02 Å². The highest BCUT2D eigenvalue weighted by molar-refractivity contribution is 6.32. The molecule has 0 saturated heterocycles. The zero-order chi connectivity index (χ0) is 17.7. The number of phenols is 1. The summed E-state index contributed by atoms with van der Waals surface area (Å²) in [6.07, 6.45) is -7.26. The standard InChI is InChI=1S/C17H17ClF3NO2/c18-15-12(7-4-8-14(15)23)10-22-13(16(24)17(19,20)21)9-11-5-2-1-3-6-11/h1-8,13,16,22-24H,9-10H2. The van der Waals surface area contributed by atoms with Crippen LogP contribution in [-0.4, -0.2) is 28.5 Å². The fourth-order valence-electron chi connectivity index (χ4n) is 2.34. The predicted molar refractivity (Wildman–Crippen MR) is 86.0 cm³/mol. The minimum absolute atomic E-state index is 0.00203. The number of benzene rings is 2. The molecule has 2 unspecified atom stereocenters. The van der Waals surface area contributed by atoms with E-state index < -0.39 is 18.3 Å². The van der Waals surface area contributed by atoms with Gasteiger partial charge in [-0.15, -0.1) is 0 Å². The van der Waals surface area contributed by atoms with Gasteiger partial charge in [-0.05, 0) is 23.6 Å². The number of hydrogen-bond acceptors (Lipinski definition) is 3. The van der Waals surface area contributed by atoms with Crippen molar-refractivity contribution >= 4 is 11.6 Å². The summed E-state index contributed by atoms with van der Waals surface area (Å²) in [6.45, 7) is -0.0160. The van der Waals surface area contributed by atoms with Gasteiger partial charge in [0, 0.05) is 12.6 Å². The van der Waals surface area contributed by atoms with Crippen molar-refractivity contribution in [2.45, 2.75) is 31.3 Å². The molecule has 3 N–H and O–H groups in total. The molecule has 24 heavy (non-hydrogen) atoms. The van der Waals surface area contributed by atoms with Gasteiger partial charge in [0.2, 0.25) is 0 Å². The van der Waals surface area contributed by atoms with Crippen LogP contribution in [0.15, 0.2) is 48.5 Å². The molecule has 0 aromatic heterocycles. The molecule has 2 aromatic rings. The number of aromatic hydroxyl groups is 1. The first-order valence-electron chi connectivity index (χ1n) is 7.27. The molecule has 0 aliphatic carbocycles. The van der Waals surface area contributed by atoms with E-state index in [-0.39, 0.29) is 23.7 Å². The Kier molecular flexibility index (Phi) is 6.10. The highest BCUT2D eigenvalue weighted by atomic mass is 35.5. The molecule has 0 aliphatic rings. The summed E-state index contributed by atoms with van der Waals surface area (Å²) in [4.78, 5) is 0. The van der Waals surface area contributed by atoms with Crippen molar-refractivity contribution < 1.29 is 23.4 Å². The zero-order valence-corrected chi connectivity index (χ0v) is 13.3. The van der Waals surface area contributed by atoms with E-state index in [4.69, 9.17) is 11.6 Å². The number of rotatable bonds is 6. The molecule has 2 atom stereocenters. The van der Waals surface area contributed by atoms with E-state index in [0.717, 1.165) is 0 Å². The number of aliphatic hydroxyl groups excluding tert-OH is 1. The molecule has 130 valence electrons. The van der Waals surface area contributed by atoms with Crippen LogP contribution >= 0.6 is 11.6 Å². The van der Waals surface area contributed by atoms with Crippen LogP contribution in [-0.2, 0) is 13.0 Å². The van der Waals surface area contributed by atoms with Crippen molar-refractivity contribution in [2.24, 2.45) is 0 Å². The second-order valence-electron chi connectivity index (χ2n) is 5.41. The number of aliphatic hydroxyl groups is 1. The van der Waals surface area contributed by atoms with Gasteiger partial charge in [0.15, 0.2) is 6.10 Å². The van der Waals surface area contributed by atoms with E-state index in [0.29, 0.717) is 11.1 Å². The van der Waals surface area contributed by atoms with Crippen LogP contribution in [0.5, 0.6) is 5.75 Å². The third kappa shape index (κ3) is 4.87. The minimum atomic E-state index is -4.74. The summed E-state index contributed by atoms with van der Waals surface area (Å²) in [7, 11) is 0. The van der Waals surface area contributed by atoms with E-state index in [1.54, 1.807) is 42.5 Å². The third-order valence-corrected chi connectivity index (χ3v) is 4.06. The molecule has 7 heteroatoms. The Hall–Kier alpha value is -1.76. The third-order valence-electron chi connectivity index (χ3n) is 3.63. The Morgan fingerprint density at radius 3 is 2.33 bits per heavy atom. The number of nitrogens with one attached hydrogen (secondary N) is 1. The Labute approximate surface area is 142 Å². The molecule has 0 amide bonds. The summed E-state index contributed by atoms with van der Waals surface area (Å²) in [5.74, 6) is -0.146. The summed E-state index contributed by atoms with van der Waals surface area (Å²) in [6, 6.07) is 11.9. The monoisotopic (exact) mass is 359 g/mol. The summed E-state index contributed by atoms with van der Waals surface area (Å²) in [5, 5.41) is 22.0. The van der Waals surface area contributed by atoms with Crippen LogP contribution in [0.3, 0.4) is 0 Å². The van der Waals surface area contributed by atoms with E-state index >= 15 is 0 Å². The summed E-state index contributed by atoms with van der Waals surface area (Å²) >= 11 is 5.93. The average Bonchev–Trinajstić information content (AvgIpc) is 2.54. The zero-order valence-electron chi connectivity index (χ0n) is 12.6. The smallest absolute Gasteiger partial charge is 0.415 e. The summed E-state index contributed by atoms with van der Waals surface area (Å²) < 4.78 is 38.7. The van der Waals surface area contributed by atoms with Crippen molar-refractivity contribution in [3.8, 4) is 5.75 Å². The lowest BCUT2D eigenvalue weighted by Gasteiger charge is -2.26. The van der Waals surface area contributed by atoms with Crippen molar-refractivity contribution in [3.63, 3.8) is 0 Å². The number of halogens is 4. The maximum atomic E-state index is 12.9. The van der Waals surface area contributed by atoms with E-state index in [1.165, 1.54) is 6.07 Å². The van der Waals surface area contributed by atoms with E-state index in [2.05, 4.69) is 5.32 Å². The molecule has 0 saturated carbocycles. The molecule has 0 bridgehead atoms. The first-order chi connectivity index (χ1) is 11.3. The first kappa shape index (κ1) is 18.6. The van der Waals surface area contributed by atoms with Crippen molar-refractivity contribution in [1.82, 2.24) is 5.32 Å². The quantitative estimate of drug-likeness (QED) is 0.737. The van der Waals surface area contributed by atoms with E-state index in [1.807, 2.05) is 0 Å². The van der Waals surface area contributed by atoms with Crippen LogP contribution in [0.1, 0.15) is 11.1 Å². The topological polar surface area (TPSA) is 52.5 Å². The lowest BCUT2D eigenvalue weighted by atomic mass is 10.0. The molecule has 2 rings (SSSR count). The Morgan fingerprint density at radius 1 is 1.04 bits per heavy atom. The fraction of sp³-hybridized carbons (Fsp3) is 0.294. The van der Waals surface area contributed by atoms with Crippen LogP contribution in [0, 0.1) is 0 Å². The number of alkyl halides is 3. The summed E-state index contributed by atoms with van der Waals surface area (Å²) in [5.41, 5.74) is 1.12. The molecule has 2 aromatic carbocycles. The lowest BCUT2D eigenvalue weighted by Crippen LogP contribution is -2.49. The molecule has 0 radical (unpaired) electrons. The first-order valence-corrected chi connectivity index (χ1v) is 7.65. The van der Waals surface area contributed by atoms with Gasteiger partial charge >= 0.3 is 6.18 Å². The molecular weight excluding hydrogens is 343 g/mol. The van der Waals surface area contributed by atoms with Crippen LogP contribution < -0.4 is 5.32 Å². The molecular formula is C17H17ClF3NO2. The molecule has 0 spiro atoms. The van der Waals surface area contributed by atoms with Gasteiger partial charge in [0.05, 0.1) is 5.02 Å². The predicted octanol–water partition coefficient (Wildman–Crippen LogP) is 3.67. The minimum Gasteiger partial charge on any atom is -0.506 e. The molecule has 3 nitrogen and oxygen atoms in total. The normalized spacial score (nSPS) is 14.4. The molecule has 0 heterocycles. The highest BCUT2D eigenvalue weighted by Crippen LogP contribution is 2.28. The molecule has 0 fully saturated rings. The van der Waals surface area contributed by atoms with Gasteiger partial charge in [-0.1, -0.05) is 54.1 Å². The second kappa shape index (κ2) is 7.88. The second-order valence-corrected chi connectivity index (χ2v) is 5.79. The van der Waals surface area contributed by atoms with Gasteiger partial charge in [0.25, 0.3) is 0 Å². The van der Waals surface area contributed by atoms with Crippen molar-refractivity contribution in [1.29, 1.82) is 0 Å².